The van der Waals surface area contributed by atoms with Gasteiger partial charge >= 0.3 is 0 Å². The molecule has 74 valence electrons. The van der Waals surface area contributed by atoms with E-state index in [4.69, 9.17) is 0 Å². The summed E-state index contributed by atoms with van der Waals surface area (Å²) >= 11 is 3.11. The van der Waals surface area contributed by atoms with Gasteiger partial charge < -0.3 is 0 Å². The lowest BCUT2D eigenvalue weighted by molar-refractivity contribution is 0.604. The fraction of sp³-hybridized carbons (Fsp3) is 0.100. The maximum absolute atomic E-state index is 11.6. The molecule has 4 heteroatoms. The largest absolute Gasteiger partial charge is 0.218 e. The SMILES string of the molecule is CC(Br)=C=CS(=O)(=O)c1ccccc1. The second kappa shape index (κ2) is 4.60. The summed E-state index contributed by atoms with van der Waals surface area (Å²) in [7, 11) is -3.34. The van der Waals surface area contributed by atoms with E-state index in [0.717, 1.165) is 5.41 Å². The minimum atomic E-state index is -3.34. The summed E-state index contributed by atoms with van der Waals surface area (Å²) in [5, 5.41) is 1.06. The number of hydrogen-bond donors (Lipinski definition) is 0. The van der Waals surface area contributed by atoms with Gasteiger partial charge in [-0.25, -0.2) is 8.42 Å². The van der Waals surface area contributed by atoms with Gasteiger partial charge in [0.15, 0.2) is 0 Å². The number of sulfone groups is 1. The molecule has 0 fully saturated rings. The summed E-state index contributed by atoms with van der Waals surface area (Å²) in [5.74, 6) is 0. The Morgan fingerprint density at radius 1 is 1.36 bits per heavy atom. The molecule has 0 bridgehead atoms. The van der Waals surface area contributed by atoms with Crippen molar-refractivity contribution in [2.75, 3.05) is 0 Å². The van der Waals surface area contributed by atoms with Crippen LogP contribution in [0.4, 0.5) is 0 Å². The molecule has 1 rings (SSSR count). The van der Waals surface area contributed by atoms with Crippen molar-refractivity contribution in [3.05, 3.63) is 46.0 Å². The second-order valence-electron chi connectivity index (χ2n) is 2.65. The van der Waals surface area contributed by atoms with Gasteiger partial charge in [0.05, 0.1) is 10.3 Å². The zero-order valence-electron chi connectivity index (χ0n) is 7.57. The van der Waals surface area contributed by atoms with Gasteiger partial charge in [-0.2, -0.15) is 0 Å². The maximum Gasteiger partial charge on any atom is 0.207 e. The molecular weight excluding hydrogens is 264 g/mol. The molecule has 0 N–H and O–H groups in total. The summed E-state index contributed by atoms with van der Waals surface area (Å²) in [6, 6.07) is 8.25. The van der Waals surface area contributed by atoms with Gasteiger partial charge in [0.25, 0.3) is 0 Å². The lowest BCUT2D eigenvalue weighted by atomic mass is 10.4. The summed E-state index contributed by atoms with van der Waals surface area (Å²) < 4.78 is 23.8. The van der Waals surface area contributed by atoms with Crippen molar-refractivity contribution in [2.45, 2.75) is 11.8 Å². The topological polar surface area (TPSA) is 34.1 Å². The lowest BCUT2D eigenvalue weighted by Gasteiger charge is -1.95. The number of benzene rings is 1. The molecule has 1 aromatic rings. The van der Waals surface area contributed by atoms with Gasteiger partial charge in [-0.3, -0.25) is 0 Å². The highest BCUT2D eigenvalue weighted by Gasteiger charge is 2.07. The smallest absolute Gasteiger partial charge is 0.207 e. The Morgan fingerprint density at radius 2 is 1.93 bits per heavy atom. The molecule has 0 aliphatic rings. The number of halogens is 1. The van der Waals surface area contributed by atoms with Crippen molar-refractivity contribution in [1.29, 1.82) is 0 Å². The first-order valence-corrected chi connectivity index (χ1v) is 6.25. The van der Waals surface area contributed by atoms with E-state index in [2.05, 4.69) is 21.7 Å². The van der Waals surface area contributed by atoms with Crippen LogP contribution in [0.15, 0.2) is 50.8 Å². The quantitative estimate of drug-likeness (QED) is 0.776. The first-order chi connectivity index (χ1) is 6.52. The molecule has 1 aromatic carbocycles. The van der Waals surface area contributed by atoms with Gasteiger partial charge in [0.2, 0.25) is 9.84 Å². The van der Waals surface area contributed by atoms with E-state index in [1.165, 1.54) is 0 Å². The van der Waals surface area contributed by atoms with E-state index in [1.807, 2.05) is 0 Å². The van der Waals surface area contributed by atoms with Crippen LogP contribution >= 0.6 is 15.9 Å². The molecule has 0 saturated carbocycles. The second-order valence-corrected chi connectivity index (χ2v) is 5.64. The molecule has 2 nitrogen and oxygen atoms in total. The first-order valence-electron chi connectivity index (χ1n) is 3.91. The Kier molecular flexibility index (Phi) is 3.69. The predicted molar refractivity (Wildman–Crippen MR) is 59.8 cm³/mol. The average molecular weight is 273 g/mol. The maximum atomic E-state index is 11.6. The molecule has 0 spiro atoms. The lowest BCUT2D eigenvalue weighted by Crippen LogP contribution is -1.94. The molecular formula is C10H9BrO2S. The highest BCUT2D eigenvalue weighted by molar-refractivity contribution is 9.11. The van der Waals surface area contributed by atoms with Crippen LogP contribution in [0.5, 0.6) is 0 Å². The fourth-order valence-corrected chi connectivity index (χ4v) is 2.11. The first kappa shape index (κ1) is 11.2. The molecule has 0 unspecified atom stereocenters. The summed E-state index contributed by atoms with van der Waals surface area (Å²) in [6.07, 6.45) is 0. The Bertz CT molecular complexity index is 464. The van der Waals surface area contributed by atoms with E-state index in [9.17, 15) is 8.42 Å². The van der Waals surface area contributed by atoms with Crippen molar-refractivity contribution in [2.24, 2.45) is 0 Å². The van der Waals surface area contributed by atoms with E-state index in [0.29, 0.717) is 4.48 Å². The van der Waals surface area contributed by atoms with E-state index >= 15 is 0 Å². The monoisotopic (exact) mass is 272 g/mol. The van der Waals surface area contributed by atoms with Crippen molar-refractivity contribution in [1.82, 2.24) is 0 Å². The highest BCUT2D eigenvalue weighted by atomic mass is 79.9. The number of hydrogen-bond acceptors (Lipinski definition) is 2. The molecule has 0 atom stereocenters. The van der Waals surface area contributed by atoms with Crippen molar-refractivity contribution in [3.63, 3.8) is 0 Å². The standard InChI is InChI=1S/C10H9BrO2S/c1-9(11)7-8-14(12,13)10-5-3-2-4-6-10/h2-6,8H,1H3. The van der Waals surface area contributed by atoms with Crippen LogP contribution in [0.3, 0.4) is 0 Å². The Balaban J connectivity index is 3.18. The molecule has 0 aliphatic heterocycles. The van der Waals surface area contributed by atoms with Crippen molar-refractivity contribution in [3.8, 4) is 0 Å². The third kappa shape index (κ3) is 3.14. The Labute approximate surface area is 92.0 Å². The Hall–Kier alpha value is -0.830. The fourth-order valence-electron chi connectivity index (χ4n) is 0.837. The number of allylic oxidation sites excluding steroid dienone is 1. The van der Waals surface area contributed by atoms with Crippen LogP contribution < -0.4 is 0 Å². The van der Waals surface area contributed by atoms with Gasteiger partial charge in [0, 0.05) is 4.48 Å². The third-order valence-corrected chi connectivity index (χ3v) is 3.07. The molecule has 0 aliphatic carbocycles. The third-order valence-electron chi connectivity index (χ3n) is 1.48. The van der Waals surface area contributed by atoms with Gasteiger partial charge in [-0.05, 0) is 35.0 Å². The zero-order chi connectivity index (χ0) is 10.6. The van der Waals surface area contributed by atoms with Crippen molar-refractivity contribution < 1.29 is 8.42 Å². The predicted octanol–water partition coefficient (Wildman–Crippen LogP) is 2.87. The van der Waals surface area contributed by atoms with Gasteiger partial charge in [-0.15, -0.1) is 0 Å². The van der Waals surface area contributed by atoms with Gasteiger partial charge in [0.1, 0.15) is 0 Å². The number of rotatable bonds is 2. The van der Waals surface area contributed by atoms with Crippen LogP contribution in [0.25, 0.3) is 0 Å². The van der Waals surface area contributed by atoms with E-state index in [-0.39, 0.29) is 4.90 Å². The molecule has 14 heavy (non-hydrogen) atoms. The normalized spacial score (nSPS) is 10.4. The van der Waals surface area contributed by atoms with E-state index < -0.39 is 9.84 Å². The molecule has 0 saturated heterocycles. The average Bonchev–Trinajstić information content (AvgIpc) is 2.16. The molecule has 0 amide bonds. The van der Waals surface area contributed by atoms with Crippen LogP contribution in [0.2, 0.25) is 0 Å². The Morgan fingerprint density at radius 3 is 2.43 bits per heavy atom. The zero-order valence-corrected chi connectivity index (χ0v) is 9.97. The molecule has 0 heterocycles. The van der Waals surface area contributed by atoms with E-state index in [1.54, 1.807) is 37.3 Å². The summed E-state index contributed by atoms with van der Waals surface area (Å²) in [5.41, 5.74) is 2.60. The molecule has 0 radical (unpaired) electrons. The van der Waals surface area contributed by atoms with Crippen LogP contribution in [-0.4, -0.2) is 8.42 Å². The van der Waals surface area contributed by atoms with Crippen LogP contribution in [-0.2, 0) is 9.84 Å². The summed E-state index contributed by atoms with van der Waals surface area (Å²) in [4.78, 5) is 0.279. The highest BCUT2D eigenvalue weighted by Crippen LogP contribution is 2.11. The minimum absolute atomic E-state index is 0.279. The van der Waals surface area contributed by atoms with Gasteiger partial charge in [-0.1, -0.05) is 23.9 Å². The summed E-state index contributed by atoms with van der Waals surface area (Å²) in [6.45, 7) is 1.72. The van der Waals surface area contributed by atoms with Crippen LogP contribution in [0, 0.1) is 0 Å². The molecule has 0 aromatic heterocycles. The van der Waals surface area contributed by atoms with Crippen molar-refractivity contribution >= 4 is 25.8 Å². The van der Waals surface area contributed by atoms with Crippen LogP contribution in [0.1, 0.15) is 6.92 Å². The minimum Gasteiger partial charge on any atom is -0.218 e.